The van der Waals surface area contributed by atoms with Gasteiger partial charge in [-0.15, -0.1) is 0 Å². The Kier molecular flexibility index (Phi) is 5.62. The molecule has 1 N–H and O–H groups in total. The van der Waals surface area contributed by atoms with E-state index in [-0.39, 0.29) is 16.4 Å². The molecule has 0 saturated carbocycles. The maximum atomic E-state index is 13.5. The molecule has 0 aliphatic carbocycles. The smallest absolute Gasteiger partial charge is 0.264 e. The topological polar surface area (TPSA) is 97.4 Å². The number of sulfonamides is 1. The summed E-state index contributed by atoms with van der Waals surface area (Å²) in [4.78, 5) is 15.1. The third-order valence-electron chi connectivity index (χ3n) is 5.89. The molecular weight excluding hydrogens is 416 g/mol. The number of benzene rings is 1. The van der Waals surface area contributed by atoms with Gasteiger partial charge in [-0.3, -0.25) is 9.52 Å². The highest BCUT2D eigenvalue weighted by atomic mass is 32.2. The minimum Gasteiger partial charge on any atom is -0.356 e. The molecule has 9 heteroatoms. The molecule has 0 radical (unpaired) electrons. The summed E-state index contributed by atoms with van der Waals surface area (Å²) < 4.78 is 36.5. The lowest BCUT2D eigenvalue weighted by Crippen LogP contribution is -2.36. The summed E-state index contributed by atoms with van der Waals surface area (Å²) in [5.41, 5.74) is 2.50. The third kappa shape index (κ3) is 3.97. The lowest BCUT2D eigenvalue weighted by molar-refractivity contribution is 0.0720. The van der Waals surface area contributed by atoms with Gasteiger partial charge in [0.25, 0.3) is 15.9 Å². The van der Waals surface area contributed by atoms with Gasteiger partial charge in [-0.25, -0.2) is 8.42 Å². The lowest BCUT2D eigenvalue weighted by Gasteiger charge is -2.27. The van der Waals surface area contributed by atoms with E-state index in [9.17, 15) is 13.2 Å². The van der Waals surface area contributed by atoms with E-state index < -0.39 is 10.0 Å². The quantitative estimate of drug-likeness (QED) is 0.649. The van der Waals surface area contributed by atoms with Crippen molar-refractivity contribution in [1.29, 1.82) is 0 Å². The number of piperidine rings is 1. The average molecular weight is 443 g/mol. The molecule has 0 atom stereocenters. The van der Waals surface area contributed by atoms with Crippen LogP contribution in [0.15, 0.2) is 45.9 Å². The molecule has 1 amide bonds. The SMILES string of the molecule is Cc1c(C(=O)N2CCCCC2)c(S(=O)(=O)Nc2cccc(-c3ccno3)c2)c(C)n1C. The summed E-state index contributed by atoms with van der Waals surface area (Å²) in [6, 6.07) is 8.58. The molecule has 2 aromatic heterocycles. The Morgan fingerprint density at radius 2 is 1.84 bits per heavy atom. The molecule has 31 heavy (non-hydrogen) atoms. The molecule has 0 unspecified atom stereocenters. The summed E-state index contributed by atoms with van der Waals surface area (Å²) in [5, 5.41) is 3.69. The first-order chi connectivity index (χ1) is 14.8. The van der Waals surface area contributed by atoms with Gasteiger partial charge in [0.05, 0.1) is 11.8 Å². The van der Waals surface area contributed by atoms with Crippen LogP contribution in [0.2, 0.25) is 0 Å². The number of aromatic nitrogens is 2. The van der Waals surface area contributed by atoms with Crippen LogP contribution in [0, 0.1) is 13.8 Å². The largest absolute Gasteiger partial charge is 0.356 e. The van der Waals surface area contributed by atoms with E-state index in [1.165, 1.54) is 6.20 Å². The molecule has 0 bridgehead atoms. The van der Waals surface area contributed by atoms with E-state index in [4.69, 9.17) is 4.52 Å². The Balaban J connectivity index is 1.72. The van der Waals surface area contributed by atoms with Crippen molar-refractivity contribution in [1.82, 2.24) is 14.6 Å². The van der Waals surface area contributed by atoms with E-state index in [1.54, 1.807) is 54.6 Å². The maximum Gasteiger partial charge on any atom is 0.264 e. The van der Waals surface area contributed by atoms with Crippen LogP contribution in [0.3, 0.4) is 0 Å². The van der Waals surface area contributed by atoms with E-state index in [0.29, 0.717) is 41.5 Å². The van der Waals surface area contributed by atoms with E-state index >= 15 is 0 Å². The van der Waals surface area contributed by atoms with Gasteiger partial charge in [0.2, 0.25) is 0 Å². The number of likely N-dealkylation sites (tertiary alicyclic amines) is 1. The summed E-state index contributed by atoms with van der Waals surface area (Å²) in [7, 11) is -2.23. The molecule has 1 aliphatic heterocycles. The van der Waals surface area contributed by atoms with Crippen molar-refractivity contribution in [2.45, 2.75) is 38.0 Å². The number of carbonyl (C=O) groups is 1. The standard InChI is InChI=1S/C22H26N4O4S/c1-15-20(22(27)26-12-5-4-6-13-26)21(16(2)25(15)3)31(28,29)24-18-9-7-8-17(14-18)19-10-11-23-30-19/h7-11,14,24H,4-6,12-13H2,1-3H3. The van der Waals surface area contributed by atoms with Gasteiger partial charge in [-0.05, 0) is 45.2 Å². The maximum absolute atomic E-state index is 13.5. The summed E-state index contributed by atoms with van der Waals surface area (Å²) in [5.74, 6) is 0.311. The molecule has 0 spiro atoms. The van der Waals surface area contributed by atoms with Crippen molar-refractivity contribution < 1.29 is 17.7 Å². The van der Waals surface area contributed by atoms with Crippen molar-refractivity contribution in [3.63, 3.8) is 0 Å². The van der Waals surface area contributed by atoms with Crippen LogP contribution < -0.4 is 4.72 Å². The summed E-state index contributed by atoms with van der Waals surface area (Å²) >= 11 is 0. The molecule has 1 aliphatic rings. The van der Waals surface area contributed by atoms with Crippen LogP contribution in [-0.2, 0) is 17.1 Å². The minimum absolute atomic E-state index is 0.0353. The zero-order chi connectivity index (χ0) is 22.2. The van der Waals surface area contributed by atoms with Gasteiger partial charge in [0.15, 0.2) is 5.76 Å². The van der Waals surface area contributed by atoms with Gasteiger partial charge in [-0.2, -0.15) is 0 Å². The number of amides is 1. The highest BCUT2D eigenvalue weighted by molar-refractivity contribution is 7.92. The zero-order valence-electron chi connectivity index (χ0n) is 17.9. The Morgan fingerprint density at radius 3 is 2.52 bits per heavy atom. The van der Waals surface area contributed by atoms with Gasteiger partial charge < -0.3 is 14.0 Å². The van der Waals surface area contributed by atoms with Crippen LogP contribution in [0.5, 0.6) is 0 Å². The number of rotatable bonds is 5. The van der Waals surface area contributed by atoms with Crippen LogP contribution >= 0.6 is 0 Å². The van der Waals surface area contributed by atoms with Crippen LogP contribution in [0.25, 0.3) is 11.3 Å². The molecule has 4 rings (SSSR count). The second kappa shape index (κ2) is 8.22. The number of nitrogens with zero attached hydrogens (tertiary/aromatic N) is 3. The Hall–Kier alpha value is -3.07. The van der Waals surface area contributed by atoms with E-state index in [1.807, 2.05) is 6.07 Å². The van der Waals surface area contributed by atoms with Crippen molar-refractivity contribution in [2.75, 3.05) is 17.8 Å². The van der Waals surface area contributed by atoms with Crippen molar-refractivity contribution >= 4 is 21.6 Å². The fourth-order valence-electron chi connectivity index (χ4n) is 4.06. The molecule has 1 saturated heterocycles. The fourth-order valence-corrected chi connectivity index (χ4v) is 5.63. The van der Waals surface area contributed by atoms with Crippen molar-refractivity contribution in [2.24, 2.45) is 7.05 Å². The first-order valence-electron chi connectivity index (χ1n) is 10.3. The predicted octanol–water partition coefficient (Wildman–Crippen LogP) is 3.72. The summed E-state index contributed by atoms with van der Waals surface area (Å²) in [6.45, 7) is 4.81. The molecular formula is C22H26N4O4S. The molecule has 8 nitrogen and oxygen atoms in total. The number of anilines is 1. The molecule has 3 aromatic rings. The van der Waals surface area contributed by atoms with Crippen LogP contribution in [0.1, 0.15) is 41.0 Å². The Bertz CT molecular complexity index is 1210. The predicted molar refractivity (Wildman–Crippen MR) is 117 cm³/mol. The molecule has 164 valence electrons. The fraction of sp³-hybridized carbons (Fsp3) is 0.364. The second-order valence-corrected chi connectivity index (χ2v) is 9.47. The van der Waals surface area contributed by atoms with Crippen LogP contribution in [-0.4, -0.2) is 42.0 Å². The first kappa shape index (κ1) is 21.2. The number of hydrogen-bond donors (Lipinski definition) is 1. The lowest BCUT2D eigenvalue weighted by atomic mass is 10.1. The van der Waals surface area contributed by atoms with Gasteiger partial charge >= 0.3 is 0 Å². The molecule has 3 heterocycles. The third-order valence-corrected chi connectivity index (χ3v) is 7.43. The highest BCUT2D eigenvalue weighted by Crippen LogP contribution is 2.31. The van der Waals surface area contributed by atoms with E-state index in [2.05, 4.69) is 9.88 Å². The minimum atomic E-state index is -4.01. The Labute approximate surface area is 181 Å². The van der Waals surface area contributed by atoms with E-state index in [0.717, 1.165) is 19.3 Å². The second-order valence-electron chi connectivity index (χ2n) is 7.85. The number of carbonyl (C=O) groups excluding carboxylic acids is 1. The Morgan fingerprint density at radius 1 is 1.10 bits per heavy atom. The zero-order valence-corrected chi connectivity index (χ0v) is 18.7. The van der Waals surface area contributed by atoms with Gasteiger partial charge in [0.1, 0.15) is 4.90 Å². The van der Waals surface area contributed by atoms with Crippen molar-refractivity contribution in [3.8, 4) is 11.3 Å². The average Bonchev–Trinajstić information content (AvgIpc) is 3.37. The first-order valence-corrected chi connectivity index (χ1v) is 11.8. The number of nitrogens with one attached hydrogen (secondary N) is 1. The van der Waals surface area contributed by atoms with Crippen LogP contribution in [0.4, 0.5) is 5.69 Å². The molecule has 1 aromatic carbocycles. The normalized spacial score (nSPS) is 14.6. The monoisotopic (exact) mass is 442 g/mol. The van der Waals surface area contributed by atoms with Gasteiger partial charge in [-0.1, -0.05) is 17.3 Å². The van der Waals surface area contributed by atoms with Gasteiger partial charge in [0, 0.05) is 48.8 Å². The summed E-state index contributed by atoms with van der Waals surface area (Å²) in [6.07, 6.45) is 4.49. The van der Waals surface area contributed by atoms with Crippen molar-refractivity contribution in [3.05, 3.63) is 53.5 Å². The highest BCUT2D eigenvalue weighted by Gasteiger charge is 2.33. The molecule has 1 fully saturated rings. The number of hydrogen-bond acceptors (Lipinski definition) is 5.